The Kier molecular flexibility index (Phi) is 8.38. The first-order valence-electron chi connectivity index (χ1n) is 12.0. The van der Waals surface area contributed by atoms with Gasteiger partial charge in [0.2, 0.25) is 0 Å². The molecule has 1 saturated carbocycles. The van der Waals surface area contributed by atoms with Gasteiger partial charge in [-0.05, 0) is 61.8 Å². The van der Waals surface area contributed by atoms with Crippen LogP contribution in [0.3, 0.4) is 0 Å². The van der Waals surface area contributed by atoms with Crippen molar-refractivity contribution in [1.29, 1.82) is 0 Å². The molecule has 0 spiro atoms. The number of hydrogen-bond acceptors (Lipinski definition) is 4. The van der Waals surface area contributed by atoms with Gasteiger partial charge in [-0.1, -0.05) is 54.1 Å². The van der Waals surface area contributed by atoms with E-state index in [2.05, 4.69) is 22.9 Å². The van der Waals surface area contributed by atoms with Gasteiger partial charge in [0.1, 0.15) is 12.3 Å². The van der Waals surface area contributed by atoms with Gasteiger partial charge in [-0.15, -0.1) is 0 Å². The molecule has 2 aromatic carbocycles. The van der Waals surface area contributed by atoms with Gasteiger partial charge in [-0.25, -0.2) is 4.79 Å². The fraction of sp³-hybridized carbons (Fsp3) is 0.407. The molecule has 0 saturated heterocycles. The fourth-order valence-electron chi connectivity index (χ4n) is 4.92. The summed E-state index contributed by atoms with van der Waals surface area (Å²) < 4.78 is 7.49. The maximum atomic E-state index is 10.7. The number of nitrogens with zero attached hydrogens (tertiary/aromatic N) is 2. The Morgan fingerprint density at radius 2 is 1.76 bits per heavy atom. The van der Waals surface area contributed by atoms with Crippen molar-refractivity contribution >= 4 is 17.6 Å². The molecule has 1 aliphatic rings. The molecule has 0 bridgehead atoms. The maximum absolute atomic E-state index is 10.7. The third kappa shape index (κ3) is 6.06. The summed E-state index contributed by atoms with van der Waals surface area (Å²) in [5.41, 5.74) is 11.4. The van der Waals surface area contributed by atoms with Crippen LogP contribution in [0.2, 0.25) is 5.02 Å². The minimum atomic E-state index is -0.912. The Morgan fingerprint density at radius 3 is 2.44 bits per heavy atom. The summed E-state index contributed by atoms with van der Waals surface area (Å²) in [6, 6.07) is 18.2. The number of benzene rings is 2. The van der Waals surface area contributed by atoms with Crippen molar-refractivity contribution in [1.82, 2.24) is 9.78 Å². The van der Waals surface area contributed by atoms with E-state index in [1.165, 1.54) is 0 Å². The lowest BCUT2D eigenvalue weighted by atomic mass is 9.82. The van der Waals surface area contributed by atoms with Crippen LogP contribution in [0.25, 0.3) is 22.4 Å². The van der Waals surface area contributed by atoms with Gasteiger partial charge in [0.25, 0.3) is 0 Å². The first-order valence-corrected chi connectivity index (χ1v) is 12.3. The number of carboxylic acids is 1. The van der Waals surface area contributed by atoms with Gasteiger partial charge < -0.3 is 15.6 Å². The van der Waals surface area contributed by atoms with Crippen LogP contribution < -0.4 is 5.73 Å². The molecule has 7 heteroatoms. The van der Waals surface area contributed by atoms with Crippen molar-refractivity contribution in [3.05, 3.63) is 65.3 Å². The number of halogens is 1. The van der Waals surface area contributed by atoms with Crippen LogP contribution in [0, 0.1) is 11.8 Å². The zero-order valence-corrected chi connectivity index (χ0v) is 20.1. The topological polar surface area (TPSA) is 90.4 Å². The van der Waals surface area contributed by atoms with Crippen LogP contribution in [0.1, 0.15) is 31.4 Å². The van der Waals surface area contributed by atoms with Crippen LogP contribution in [0.15, 0.2) is 54.6 Å². The average molecular weight is 482 g/mol. The summed E-state index contributed by atoms with van der Waals surface area (Å²) in [4.78, 5) is 10.7. The number of rotatable bonds is 10. The molecule has 1 aromatic heterocycles. The molecule has 4 rings (SSSR count). The van der Waals surface area contributed by atoms with E-state index in [0.717, 1.165) is 66.7 Å². The van der Waals surface area contributed by atoms with E-state index in [1.807, 2.05) is 36.4 Å². The fourth-order valence-corrected chi connectivity index (χ4v) is 5.11. The summed E-state index contributed by atoms with van der Waals surface area (Å²) in [5.74, 6) is 0.0335. The highest BCUT2D eigenvalue weighted by atomic mass is 35.5. The first-order chi connectivity index (χ1) is 16.5. The van der Waals surface area contributed by atoms with Gasteiger partial charge in [0.05, 0.1) is 6.61 Å². The molecule has 1 aliphatic carbocycles. The Hall–Kier alpha value is -2.67. The predicted molar refractivity (Wildman–Crippen MR) is 135 cm³/mol. The minimum Gasteiger partial charge on any atom is -0.480 e. The predicted octanol–water partition coefficient (Wildman–Crippen LogP) is 5.28. The number of nitrogens with two attached hydrogens (primary N) is 1. The van der Waals surface area contributed by atoms with Crippen LogP contribution in [-0.4, -0.2) is 40.6 Å². The minimum absolute atomic E-state index is 0.218. The zero-order valence-electron chi connectivity index (χ0n) is 19.3. The molecular weight excluding hydrogens is 450 g/mol. The number of carbonyl (C=O) groups is 1. The van der Waals surface area contributed by atoms with Gasteiger partial charge in [-0.3, -0.25) is 4.68 Å². The number of aliphatic carboxylic acids is 1. The molecule has 34 heavy (non-hydrogen) atoms. The molecule has 6 nitrogen and oxygen atoms in total. The van der Waals surface area contributed by atoms with E-state index in [-0.39, 0.29) is 6.61 Å². The summed E-state index contributed by atoms with van der Waals surface area (Å²) in [6.45, 7) is 1.69. The highest BCUT2D eigenvalue weighted by Gasteiger charge is 2.26. The molecule has 0 aliphatic heterocycles. The van der Waals surface area contributed by atoms with E-state index in [4.69, 9.17) is 32.3 Å². The van der Waals surface area contributed by atoms with Gasteiger partial charge in [0.15, 0.2) is 0 Å². The molecule has 3 aromatic rings. The quantitative estimate of drug-likeness (QED) is 0.411. The van der Waals surface area contributed by atoms with E-state index in [9.17, 15) is 4.79 Å². The van der Waals surface area contributed by atoms with Gasteiger partial charge in [0, 0.05) is 34.8 Å². The number of ether oxygens (including phenoxy) is 1. The molecule has 3 N–H and O–H groups in total. The Bertz CT molecular complexity index is 1090. The zero-order chi connectivity index (χ0) is 23.9. The van der Waals surface area contributed by atoms with Crippen LogP contribution >= 0.6 is 11.6 Å². The molecule has 0 unspecified atom stereocenters. The van der Waals surface area contributed by atoms with Crippen LogP contribution in [0.5, 0.6) is 0 Å². The summed E-state index contributed by atoms with van der Waals surface area (Å²) in [5, 5.41) is 14.6. The molecule has 180 valence electrons. The Labute approximate surface area is 205 Å². The van der Waals surface area contributed by atoms with Crippen molar-refractivity contribution in [2.24, 2.45) is 17.6 Å². The summed E-state index contributed by atoms with van der Waals surface area (Å²) >= 11 is 6.36. The Morgan fingerprint density at radius 1 is 1.06 bits per heavy atom. The maximum Gasteiger partial charge on any atom is 0.329 e. The second kappa shape index (κ2) is 11.6. The third-order valence-electron chi connectivity index (χ3n) is 6.58. The van der Waals surface area contributed by atoms with E-state index in [0.29, 0.717) is 30.0 Å². The van der Waals surface area contributed by atoms with E-state index < -0.39 is 5.97 Å². The largest absolute Gasteiger partial charge is 0.480 e. The molecule has 0 atom stereocenters. The molecule has 0 amide bonds. The van der Waals surface area contributed by atoms with Crippen LogP contribution in [-0.2, 0) is 22.5 Å². The van der Waals surface area contributed by atoms with Gasteiger partial charge in [-0.2, -0.15) is 5.10 Å². The second-order valence-electron chi connectivity index (χ2n) is 9.06. The Balaban J connectivity index is 1.59. The normalized spacial score (nSPS) is 18.2. The second-order valence-corrected chi connectivity index (χ2v) is 9.50. The standard InChI is InChI=1S/C27H32ClN3O3/c28-23-8-4-7-22(15-23)26-24(13-14-29)31(30-27(26)21-5-2-1-3-6-21)16-19-9-11-20(12-10-19)17-34-18-25(32)33/h1-8,15,19-20H,9-14,16-18,29H2,(H,32,33)/t19-,20+. The van der Waals surface area contributed by atoms with Crippen molar-refractivity contribution in [2.75, 3.05) is 19.8 Å². The first kappa shape index (κ1) is 24.5. The number of aromatic nitrogens is 2. The summed E-state index contributed by atoms with van der Waals surface area (Å²) in [7, 11) is 0. The van der Waals surface area contributed by atoms with Crippen molar-refractivity contribution in [3.63, 3.8) is 0 Å². The van der Waals surface area contributed by atoms with Crippen molar-refractivity contribution in [3.8, 4) is 22.4 Å². The third-order valence-corrected chi connectivity index (χ3v) is 6.81. The van der Waals surface area contributed by atoms with Gasteiger partial charge >= 0.3 is 5.97 Å². The molecule has 0 radical (unpaired) electrons. The number of carboxylic acid groups (broad SMARTS) is 1. The average Bonchev–Trinajstić information content (AvgIpc) is 3.19. The van der Waals surface area contributed by atoms with Crippen molar-refractivity contribution < 1.29 is 14.6 Å². The molecule has 1 fully saturated rings. The smallest absolute Gasteiger partial charge is 0.329 e. The monoisotopic (exact) mass is 481 g/mol. The number of hydrogen-bond donors (Lipinski definition) is 2. The lowest BCUT2D eigenvalue weighted by Gasteiger charge is -2.28. The summed E-state index contributed by atoms with van der Waals surface area (Å²) in [6.07, 6.45) is 4.99. The SMILES string of the molecule is NCCc1c(-c2cccc(Cl)c2)c(-c2ccccc2)nn1C[C@H]1CC[C@@H](COCC(=O)O)CC1. The molecular formula is C27H32ClN3O3. The lowest BCUT2D eigenvalue weighted by Crippen LogP contribution is -2.24. The van der Waals surface area contributed by atoms with E-state index in [1.54, 1.807) is 0 Å². The van der Waals surface area contributed by atoms with E-state index >= 15 is 0 Å². The highest BCUT2D eigenvalue weighted by Crippen LogP contribution is 2.37. The van der Waals surface area contributed by atoms with Crippen molar-refractivity contribution in [2.45, 2.75) is 38.6 Å². The molecule has 1 heterocycles. The lowest BCUT2D eigenvalue weighted by molar-refractivity contribution is -0.142. The van der Waals surface area contributed by atoms with Crippen LogP contribution in [0.4, 0.5) is 0 Å². The highest BCUT2D eigenvalue weighted by molar-refractivity contribution is 6.30.